The Hall–Kier alpha value is -1.52. The van der Waals surface area contributed by atoms with Gasteiger partial charge in [0.15, 0.2) is 0 Å². The molecule has 0 saturated heterocycles. The molecule has 0 radical (unpaired) electrons. The molecule has 0 bridgehead atoms. The fourth-order valence-electron chi connectivity index (χ4n) is 0.856. The minimum Gasteiger partial charge on any atom is -0.466 e. The second kappa shape index (κ2) is 7.84. The summed E-state index contributed by atoms with van der Waals surface area (Å²) < 4.78 is 4.42. The molecular formula is C10H18N2O3. The van der Waals surface area contributed by atoms with Crippen LogP contribution >= 0.6 is 0 Å². The van der Waals surface area contributed by atoms with Gasteiger partial charge in [-0.25, -0.2) is 4.79 Å². The Balaban J connectivity index is 3.82. The first-order chi connectivity index (χ1) is 7.10. The van der Waals surface area contributed by atoms with Crippen molar-refractivity contribution in [2.45, 2.75) is 13.3 Å². The first kappa shape index (κ1) is 13.5. The highest BCUT2D eigenvalue weighted by Gasteiger charge is 2.02. The molecule has 5 heteroatoms. The van der Waals surface area contributed by atoms with Gasteiger partial charge in [0.2, 0.25) is 5.91 Å². The summed E-state index contributed by atoms with van der Waals surface area (Å²) in [5.41, 5.74) is 0. The Bertz CT molecular complexity index is 239. The number of ether oxygens (including phenoxy) is 1. The van der Waals surface area contributed by atoms with Gasteiger partial charge in [-0.3, -0.25) is 4.79 Å². The molecule has 5 nitrogen and oxygen atoms in total. The zero-order valence-electron chi connectivity index (χ0n) is 9.45. The summed E-state index contributed by atoms with van der Waals surface area (Å²) in [4.78, 5) is 23.6. The quantitative estimate of drug-likeness (QED) is 0.504. The molecule has 15 heavy (non-hydrogen) atoms. The maximum absolute atomic E-state index is 11.2. The molecule has 0 rings (SSSR count). The molecule has 0 spiro atoms. The van der Waals surface area contributed by atoms with E-state index in [4.69, 9.17) is 0 Å². The zero-order valence-corrected chi connectivity index (χ0v) is 9.45. The Labute approximate surface area is 90.1 Å². The molecular weight excluding hydrogens is 196 g/mol. The molecule has 0 aliphatic carbocycles. The lowest BCUT2D eigenvalue weighted by Crippen LogP contribution is -2.33. The lowest BCUT2D eigenvalue weighted by atomic mass is 10.4. The van der Waals surface area contributed by atoms with Gasteiger partial charge in [-0.15, -0.1) is 0 Å². The lowest BCUT2D eigenvalue weighted by Gasteiger charge is -2.12. The third-order valence-corrected chi connectivity index (χ3v) is 1.63. The van der Waals surface area contributed by atoms with Crippen LogP contribution in [0, 0.1) is 0 Å². The summed E-state index contributed by atoms with van der Waals surface area (Å²) in [7, 11) is 3.02. The highest BCUT2D eigenvalue weighted by Crippen LogP contribution is 1.86. The predicted molar refractivity (Wildman–Crippen MR) is 57.1 cm³/mol. The second-order valence-electron chi connectivity index (χ2n) is 3.10. The van der Waals surface area contributed by atoms with Crippen LogP contribution < -0.4 is 5.32 Å². The normalized spacial score (nSPS) is 10.1. The van der Waals surface area contributed by atoms with Crippen LogP contribution in [0.3, 0.4) is 0 Å². The van der Waals surface area contributed by atoms with Crippen LogP contribution in [0.15, 0.2) is 12.3 Å². The highest BCUT2D eigenvalue weighted by atomic mass is 16.5. The van der Waals surface area contributed by atoms with E-state index in [0.717, 1.165) is 6.42 Å². The monoisotopic (exact) mass is 214 g/mol. The Morgan fingerprint density at radius 3 is 2.67 bits per heavy atom. The third kappa shape index (κ3) is 7.54. The van der Waals surface area contributed by atoms with Crippen molar-refractivity contribution < 1.29 is 14.3 Å². The molecule has 0 aliphatic heterocycles. The number of likely N-dealkylation sites (N-methyl/N-ethyl adjacent to an activating group) is 1. The van der Waals surface area contributed by atoms with E-state index < -0.39 is 5.97 Å². The Morgan fingerprint density at radius 2 is 2.13 bits per heavy atom. The van der Waals surface area contributed by atoms with Gasteiger partial charge >= 0.3 is 5.97 Å². The molecule has 0 unspecified atom stereocenters. The number of nitrogens with zero attached hydrogens (tertiary/aromatic N) is 1. The van der Waals surface area contributed by atoms with Gasteiger partial charge in [0.25, 0.3) is 0 Å². The SMILES string of the molecule is CCCNC(=O)CN(C)C=CC(=O)OC. The highest BCUT2D eigenvalue weighted by molar-refractivity contribution is 5.82. The Kier molecular flexibility index (Phi) is 7.05. The van der Waals surface area contributed by atoms with Crippen LogP contribution in [0.2, 0.25) is 0 Å². The molecule has 1 N–H and O–H groups in total. The summed E-state index contributed by atoms with van der Waals surface area (Å²) in [6.45, 7) is 2.89. The number of rotatable bonds is 6. The molecule has 0 saturated carbocycles. The smallest absolute Gasteiger partial charge is 0.331 e. The largest absolute Gasteiger partial charge is 0.466 e. The maximum Gasteiger partial charge on any atom is 0.331 e. The molecule has 0 aromatic heterocycles. The van der Waals surface area contributed by atoms with Crippen LogP contribution in [-0.4, -0.2) is 44.0 Å². The summed E-state index contributed by atoms with van der Waals surface area (Å²) in [5, 5.41) is 2.73. The number of amides is 1. The van der Waals surface area contributed by atoms with Crippen LogP contribution in [-0.2, 0) is 14.3 Å². The van der Waals surface area contributed by atoms with Gasteiger partial charge in [0.05, 0.1) is 13.7 Å². The predicted octanol–water partition coefficient (Wildman–Crippen LogP) is 0.131. The minimum atomic E-state index is -0.434. The zero-order chi connectivity index (χ0) is 11.7. The van der Waals surface area contributed by atoms with Crippen molar-refractivity contribution in [2.75, 3.05) is 27.2 Å². The van der Waals surface area contributed by atoms with E-state index in [9.17, 15) is 9.59 Å². The summed E-state index contributed by atoms with van der Waals surface area (Å²) >= 11 is 0. The van der Waals surface area contributed by atoms with Gasteiger partial charge in [-0.1, -0.05) is 6.92 Å². The summed E-state index contributed by atoms with van der Waals surface area (Å²) in [6, 6.07) is 0. The molecule has 0 atom stereocenters. The second-order valence-corrected chi connectivity index (χ2v) is 3.10. The standard InChI is InChI=1S/C10H18N2O3/c1-4-6-11-9(13)8-12(2)7-5-10(14)15-3/h5,7H,4,6,8H2,1-3H3,(H,11,13). The van der Waals surface area contributed by atoms with Crippen molar-refractivity contribution in [1.29, 1.82) is 0 Å². The first-order valence-electron chi connectivity index (χ1n) is 4.83. The molecule has 1 amide bonds. The van der Waals surface area contributed by atoms with Gasteiger partial charge in [-0.2, -0.15) is 0 Å². The number of methoxy groups -OCH3 is 1. The van der Waals surface area contributed by atoms with Crippen LogP contribution in [0.5, 0.6) is 0 Å². The fourth-order valence-corrected chi connectivity index (χ4v) is 0.856. The van der Waals surface area contributed by atoms with E-state index in [2.05, 4.69) is 10.1 Å². The van der Waals surface area contributed by atoms with Crippen LogP contribution in [0.1, 0.15) is 13.3 Å². The van der Waals surface area contributed by atoms with E-state index in [-0.39, 0.29) is 12.5 Å². The Morgan fingerprint density at radius 1 is 1.47 bits per heavy atom. The first-order valence-corrected chi connectivity index (χ1v) is 4.83. The van der Waals surface area contributed by atoms with Gasteiger partial charge in [0, 0.05) is 25.9 Å². The van der Waals surface area contributed by atoms with Crippen molar-refractivity contribution in [3.05, 3.63) is 12.3 Å². The average Bonchev–Trinajstić information content (AvgIpc) is 2.22. The number of carbonyl (C=O) groups excluding carboxylic acids is 2. The van der Waals surface area contributed by atoms with Crippen molar-refractivity contribution in [2.24, 2.45) is 0 Å². The van der Waals surface area contributed by atoms with Crippen molar-refractivity contribution in [3.63, 3.8) is 0 Å². The van der Waals surface area contributed by atoms with E-state index in [1.807, 2.05) is 6.92 Å². The van der Waals surface area contributed by atoms with E-state index in [0.29, 0.717) is 6.54 Å². The van der Waals surface area contributed by atoms with Gasteiger partial charge in [0.1, 0.15) is 0 Å². The summed E-state index contributed by atoms with van der Waals surface area (Å²) in [5.74, 6) is -0.496. The molecule has 0 aromatic carbocycles. The summed E-state index contributed by atoms with van der Waals surface area (Å²) in [6.07, 6.45) is 3.69. The van der Waals surface area contributed by atoms with E-state index in [1.165, 1.54) is 19.4 Å². The number of hydrogen-bond acceptors (Lipinski definition) is 4. The number of esters is 1. The van der Waals surface area contributed by atoms with Crippen molar-refractivity contribution in [3.8, 4) is 0 Å². The van der Waals surface area contributed by atoms with E-state index in [1.54, 1.807) is 11.9 Å². The van der Waals surface area contributed by atoms with Crippen molar-refractivity contribution >= 4 is 11.9 Å². The molecule has 0 heterocycles. The maximum atomic E-state index is 11.2. The van der Waals surface area contributed by atoms with E-state index >= 15 is 0 Å². The van der Waals surface area contributed by atoms with Crippen molar-refractivity contribution in [1.82, 2.24) is 10.2 Å². The van der Waals surface area contributed by atoms with Crippen LogP contribution in [0.4, 0.5) is 0 Å². The van der Waals surface area contributed by atoms with Gasteiger partial charge in [-0.05, 0) is 6.42 Å². The number of hydrogen-bond donors (Lipinski definition) is 1. The molecule has 0 fully saturated rings. The number of nitrogens with one attached hydrogen (secondary N) is 1. The molecule has 86 valence electrons. The van der Waals surface area contributed by atoms with Crippen LogP contribution in [0.25, 0.3) is 0 Å². The fraction of sp³-hybridized carbons (Fsp3) is 0.600. The number of carbonyl (C=O) groups is 2. The molecule has 0 aliphatic rings. The minimum absolute atomic E-state index is 0.0612. The average molecular weight is 214 g/mol. The van der Waals surface area contributed by atoms with Gasteiger partial charge < -0.3 is 15.0 Å². The third-order valence-electron chi connectivity index (χ3n) is 1.63. The lowest BCUT2D eigenvalue weighted by molar-refractivity contribution is -0.135. The topological polar surface area (TPSA) is 58.6 Å². The molecule has 0 aromatic rings.